The summed E-state index contributed by atoms with van der Waals surface area (Å²) in [5.74, 6) is 0. The van der Waals surface area contributed by atoms with Crippen molar-refractivity contribution in [2.24, 2.45) is 0 Å². The Balaban J connectivity index is 1.84. The number of thiazole rings is 1. The van der Waals surface area contributed by atoms with Crippen LogP contribution >= 0.6 is 11.3 Å². The summed E-state index contributed by atoms with van der Waals surface area (Å²) in [4.78, 5) is 4.34. The van der Waals surface area contributed by atoms with Crippen molar-refractivity contribution >= 4 is 36.7 Å². The second kappa shape index (κ2) is 5.31. The number of benzene rings is 1. The number of aryl methyl sites for hydroxylation is 1. The molecule has 0 radical (unpaired) electrons. The Hall–Kier alpha value is -1.18. The Morgan fingerprint density at radius 2 is 2.30 bits per heavy atom. The van der Waals surface area contributed by atoms with Gasteiger partial charge in [0, 0.05) is 6.54 Å². The van der Waals surface area contributed by atoms with Gasteiger partial charge in [-0.2, -0.15) is 0 Å². The minimum atomic E-state index is -3.36. The highest BCUT2D eigenvalue weighted by molar-refractivity contribution is 7.93. The first-order valence-electron chi connectivity index (χ1n) is 6.64. The topological polar surface area (TPSA) is 71.1 Å². The van der Waals surface area contributed by atoms with Gasteiger partial charge in [0.2, 0.25) is 10.0 Å². The number of fused-ring (bicyclic) bond motifs is 1. The van der Waals surface area contributed by atoms with Crippen LogP contribution in [0.1, 0.15) is 18.4 Å². The van der Waals surface area contributed by atoms with Gasteiger partial charge in [0.05, 0.1) is 15.5 Å². The lowest BCUT2D eigenvalue weighted by Crippen LogP contribution is -2.41. The third-order valence-corrected chi connectivity index (χ3v) is 6.28. The SMILES string of the molecule is Cc1ccc2nc(NS(=O)(=O)C3CCCNC3)sc2c1. The highest BCUT2D eigenvalue weighted by Crippen LogP contribution is 2.28. The molecule has 1 aromatic carbocycles. The Morgan fingerprint density at radius 1 is 1.45 bits per heavy atom. The standard InChI is InChI=1S/C13H17N3O2S2/c1-9-4-5-11-12(7-9)19-13(15-11)16-20(17,18)10-3-2-6-14-8-10/h4-5,7,10,14H,2-3,6,8H2,1H3,(H,15,16). The van der Waals surface area contributed by atoms with Crippen molar-refractivity contribution in [2.75, 3.05) is 17.8 Å². The third kappa shape index (κ3) is 2.79. The van der Waals surface area contributed by atoms with Gasteiger partial charge in [-0.25, -0.2) is 13.4 Å². The molecule has 0 saturated carbocycles. The van der Waals surface area contributed by atoms with E-state index in [9.17, 15) is 8.42 Å². The normalized spacial score (nSPS) is 20.1. The lowest BCUT2D eigenvalue weighted by molar-refractivity contribution is 0.499. The van der Waals surface area contributed by atoms with Crippen molar-refractivity contribution in [3.8, 4) is 0 Å². The van der Waals surface area contributed by atoms with Gasteiger partial charge < -0.3 is 5.32 Å². The molecule has 0 amide bonds. The highest BCUT2D eigenvalue weighted by atomic mass is 32.2. The molecule has 108 valence electrons. The molecule has 7 heteroatoms. The van der Waals surface area contributed by atoms with Gasteiger partial charge in [0.1, 0.15) is 0 Å². The van der Waals surface area contributed by atoms with Crippen molar-refractivity contribution in [1.82, 2.24) is 10.3 Å². The van der Waals surface area contributed by atoms with Crippen LogP contribution in [-0.4, -0.2) is 31.7 Å². The van der Waals surface area contributed by atoms with Gasteiger partial charge in [-0.15, -0.1) is 0 Å². The zero-order valence-corrected chi connectivity index (χ0v) is 12.9. The van der Waals surface area contributed by atoms with Crippen LogP contribution in [-0.2, 0) is 10.0 Å². The first-order valence-corrected chi connectivity index (χ1v) is 9.00. The number of nitrogens with zero attached hydrogens (tertiary/aromatic N) is 1. The van der Waals surface area contributed by atoms with Crippen LogP contribution in [0.15, 0.2) is 18.2 Å². The van der Waals surface area contributed by atoms with Crippen molar-refractivity contribution in [3.05, 3.63) is 23.8 Å². The van der Waals surface area contributed by atoms with Gasteiger partial charge in [0.15, 0.2) is 5.13 Å². The summed E-state index contributed by atoms with van der Waals surface area (Å²) in [6, 6.07) is 5.92. The summed E-state index contributed by atoms with van der Waals surface area (Å²) in [6.07, 6.45) is 1.59. The minimum absolute atomic E-state index is 0.370. The summed E-state index contributed by atoms with van der Waals surface area (Å²) >= 11 is 1.38. The maximum atomic E-state index is 12.3. The number of anilines is 1. The maximum Gasteiger partial charge on any atom is 0.238 e. The summed E-state index contributed by atoms with van der Waals surface area (Å²) in [5, 5.41) is 3.21. The number of sulfonamides is 1. The van der Waals surface area contributed by atoms with Crippen molar-refractivity contribution in [3.63, 3.8) is 0 Å². The smallest absolute Gasteiger partial charge is 0.238 e. The number of rotatable bonds is 3. The lowest BCUT2D eigenvalue weighted by Gasteiger charge is -2.22. The number of nitrogens with one attached hydrogen (secondary N) is 2. The van der Waals surface area contributed by atoms with Crippen LogP contribution in [0.5, 0.6) is 0 Å². The Labute approximate surface area is 122 Å². The highest BCUT2D eigenvalue weighted by Gasteiger charge is 2.27. The van der Waals surface area contributed by atoms with E-state index in [-0.39, 0.29) is 5.25 Å². The van der Waals surface area contributed by atoms with Gasteiger partial charge in [-0.1, -0.05) is 17.4 Å². The van der Waals surface area contributed by atoms with Crippen LogP contribution in [0.25, 0.3) is 10.2 Å². The van der Waals surface area contributed by atoms with Crippen LogP contribution in [0, 0.1) is 6.92 Å². The van der Waals surface area contributed by atoms with E-state index >= 15 is 0 Å². The molecule has 2 N–H and O–H groups in total. The van der Waals surface area contributed by atoms with Crippen molar-refractivity contribution in [2.45, 2.75) is 25.0 Å². The van der Waals surface area contributed by atoms with E-state index in [4.69, 9.17) is 0 Å². The molecule has 5 nitrogen and oxygen atoms in total. The number of hydrogen-bond donors (Lipinski definition) is 2. The predicted octanol–water partition coefficient (Wildman–Crippen LogP) is 2.10. The molecular formula is C13H17N3O2S2. The molecule has 1 aliphatic heterocycles. The van der Waals surface area contributed by atoms with Crippen molar-refractivity contribution < 1.29 is 8.42 Å². The van der Waals surface area contributed by atoms with Gasteiger partial charge in [-0.3, -0.25) is 4.72 Å². The van der Waals surface area contributed by atoms with E-state index in [1.54, 1.807) is 0 Å². The molecule has 1 saturated heterocycles. The fraction of sp³-hybridized carbons (Fsp3) is 0.462. The van der Waals surface area contributed by atoms with E-state index in [1.807, 2.05) is 25.1 Å². The molecule has 1 aromatic heterocycles. The molecule has 0 spiro atoms. The summed E-state index contributed by atoms with van der Waals surface area (Å²) < 4.78 is 28.3. The second-order valence-electron chi connectivity index (χ2n) is 5.11. The summed E-state index contributed by atoms with van der Waals surface area (Å²) in [5.41, 5.74) is 1.98. The fourth-order valence-corrected chi connectivity index (χ4v) is 4.97. The third-order valence-electron chi connectivity index (χ3n) is 3.46. The minimum Gasteiger partial charge on any atom is -0.315 e. The largest absolute Gasteiger partial charge is 0.315 e. The van der Waals surface area contributed by atoms with E-state index < -0.39 is 10.0 Å². The Bertz CT molecular complexity index is 718. The monoisotopic (exact) mass is 311 g/mol. The molecule has 20 heavy (non-hydrogen) atoms. The van der Waals surface area contributed by atoms with Crippen LogP contribution in [0.2, 0.25) is 0 Å². The molecule has 2 heterocycles. The molecule has 0 bridgehead atoms. The average Bonchev–Trinajstić information content (AvgIpc) is 2.80. The lowest BCUT2D eigenvalue weighted by atomic mass is 10.2. The van der Waals surface area contributed by atoms with E-state index in [1.165, 1.54) is 11.3 Å². The van der Waals surface area contributed by atoms with E-state index in [0.717, 1.165) is 28.7 Å². The van der Waals surface area contributed by atoms with Crippen molar-refractivity contribution in [1.29, 1.82) is 0 Å². The molecule has 1 aliphatic rings. The Kier molecular flexibility index (Phi) is 3.66. The molecule has 3 rings (SSSR count). The number of hydrogen-bond acceptors (Lipinski definition) is 5. The molecule has 1 unspecified atom stereocenters. The summed E-state index contributed by atoms with van der Waals surface area (Å²) in [7, 11) is -3.36. The van der Waals surface area contributed by atoms with E-state index in [0.29, 0.717) is 18.1 Å². The molecule has 1 atom stereocenters. The number of aromatic nitrogens is 1. The second-order valence-corrected chi connectivity index (χ2v) is 8.10. The zero-order valence-electron chi connectivity index (χ0n) is 11.2. The summed E-state index contributed by atoms with van der Waals surface area (Å²) in [6.45, 7) is 3.42. The molecule has 0 aliphatic carbocycles. The molecule has 2 aromatic rings. The molecule has 1 fully saturated rings. The van der Waals surface area contributed by atoms with Crippen LogP contribution in [0.3, 0.4) is 0 Å². The maximum absolute atomic E-state index is 12.3. The van der Waals surface area contributed by atoms with Gasteiger partial charge in [0.25, 0.3) is 0 Å². The Morgan fingerprint density at radius 3 is 3.05 bits per heavy atom. The van der Waals surface area contributed by atoms with Gasteiger partial charge >= 0.3 is 0 Å². The quantitative estimate of drug-likeness (QED) is 0.910. The van der Waals surface area contributed by atoms with E-state index in [2.05, 4.69) is 15.0 Å². The van der Waals surface area contributed by atoms with Crippen LogP contribution < -0.4 is 10.0 Å². The van der Waals surface area contributed by atoms with Gasteiger partial charge in [-0.05, 0) is 44.0 Å². The zero-order chi connectivity index (χ0) is 14.2. The average molecular weight is 311 g/mol. The van der Waals surface area contributed by atoms with Crippen LogP contribution in [0.4, 0.5) is 5.13 Å². The first-order chi connectivity index (χ1) is 9.54. The predicted molar refractivity (Wildman–Crippen MR) is 82.8 cm³/mol. The first kappa shape index (κ1) is 13.8. The number of piperidine rings is 1. The molecular weight excluding hydrogens is 294 g/mol. The fourth-order valence-electron chi connectivity index (χ4n) is 2.37.